The van der Waals surface area contributed by atoms with Gasteiger partial charge < -0.3 is 10.1 Å². The molecule has 0 bridgehead atoms. The first kappa shape index (κ1) is 17.3. The second-order valence-electron chi connectivity index (χ2n) is 6.24. The molecule has 2 aromatic carbocycles. The second kappa shape index (κ2) is 7.25. The number of nitrogens with one attached hydrogen (secondary N) is 1. The minimum atomic E-state index is -0.0925. The molecule has 0 aliphatic rings. The van der Waals surface area contributed by atoms with Crippen LogP contribution in [0.3, 0.4) is 0 Å². The van der Waals surface area contributed by atoms with Crippen LogP contribution in [-0.4, -0.2) is 15.7 Å². The Morgan fingerprint density at radius 3 is 2.67 bits per heavy atom. The van der Waals surface area contributed by atoms with Crippen molar-refractivity contribution < 1.29 is 9.53 Å². The van der Waals surface area contributed by atoms with Crippen molar-refractivity contribution >= 4 is 27.5 Å². The van der Waals surface area contributed by atoms with Crippen LogP contribution in [0, 0.1) is 6.92 Å². The summed E-state index contributed by atoms with van der Waals surface area (Å²) in [7, 11) is 1.89. The minimum absolute atomic E-state index is 0.0925. The summed E-state index contributed by atoms with van der Waals surface area (Å²) in [6.45, 7) is 2.35. The maximum Gasteiger partial charge on any atom is 0.261 e. The molecule has 0 saturated carbocycles. The van der Waals surface area contributed by atoms with Crippen LogP contribution in [0.25, 0.3) is 10.2 Å². The molecule has 0 unspecified atom stereocenters. The molecule has 4 aromatic rings. The van der Waals surface area contributed by atoms with E-state index in [-0.39, 0.29) is 5.91 Å². The molecule has 27 heavy (non-hydrogen) atoms. The molecule has 5 nitrogen and oxygen atoms in total. The van der Waals surface area contributed by atoms with Gasteiger partial charge in [0.2, 0.25) is 0 Å². The molecular weight excluding hydrogens is 358 g/mol. The number of hydrogen-bond acceptors (Lipinski definition) is 4. The Hall–Kier alpha value is -3.12. The summed E-state index contributed by atoms with van der Waals surface area (Å²) in [4.78, 5) is 14.3. The monoisotopic (exact) mass is 377 g/mol. The molecular formula is C21H19N3O2S. The first-order valence-corrected chi connectivity index (χ1v) is 9.45. The smallest absolute Gasteiger partial charge is 0.261 e. The molecule has 6 heteroatoms. The molecule has 0 atom stereocenters. The summed E-state index contributed by atoms with van der Waals surface area (Å²) in [5, 5.41) is 8.40. The van der Waals surface area contributed by atoms with Gasteiger partial charge in [0.25, 0.3) is 5.91 Å². The Balaban J connectivity index is 1.49. The van der Waals surface area contributed by atoms with Crippen molar-refractivity contribution in [3.05, 3.63) is 76.8 Å². The molecule has 1 amide bonds. The number of aromatic nitrogens is 2. The highest BCUT2D eigenvalue weighted by Crippen LogP contribution is 2.28. The van der Waals surface area contributed by atoms with Gasteiger partial charge in [-0.3, -0.25) is 9.48 Å². The quantitative estimate of drug-likeness (QED) is 0.550. The third-order valence-corrected chi connectivity index (χ3v) is 5.50. The Labute approximate surface area is 161 Å². The standard InChI is InChI=1S/C21H19N3O2S/c1-14-17-12-19(27-21(17)24(2)23-14)20(25)22-13-15-8-6-7-11-18(15)26-16-9-4-3-5-10-16/h3-12H,13H2,1-2H3,(H,22,25). The lowest BCUT2D eigenvalue weighted by molar-refractivity contribution is 0.0955. The predicted octanol–water partition coefficient (Wildman–Crippen LogP) is 4.67. The molecule has 136 valence electrons. The van der Waals surface area contributed by atoms with E-state index in [1.54, 1.807) is 0 Å². The number of ether oxygens (including phenoxy) is 1. The van der Waals surface area contributed by atoms with Crippen LogP contribution < -0.4 is 10.1 Å². The zero-order chi connectivity index (χ0) is 18.8. The number of para-hydroxylation sites is 2. The average Bonchev–Trinajstić information content (AvgIpc) is 3.23. The lowest BCUT2D eigenvalue weighted by Crippen LogP contribution is -2.22. The zero-order valence-corrected chi connectivity index (χ0v) is 15.9. The Morgan fingerprint density at radius 2 is 1.89 bits per heavy atom. The molecule has 0 fully saturated rings. The van der Waals surface area contributed by atoms with Crippen molar-refractivity contribution in [3.8, 4) is 11.5 Å². The fourth-order valence-electron chi connectivity index (χ4n) is 2.94. The fourth-order valence-corrected chi connectivity index (χ4v) is 3.98. The number of rotatable bonds is 5. The summed E-state index contributed by atoms with van der Waals surface area (Å²) < 4.78 is 7.77. The Kier molecular flexibility index (Phi) is 4.64. The van der Waals surface area contributed by atoms with Crippen molar-refractivity contribution in [2.24, 2.45) is 7.05 Å². The molecule has 2 heterocycles. The van der Waals surface area contributed by atoms with Crippen LogP contribution in [0.2, 0.25) is 0 Å². The van der Waals surface area contributed by atoms with E-state index in [0.717, 1.165) is 33.0 Å². The Bertz CT molecular complexity index is 1060. The number of benzene rings is 2. The van der Waals surface area contributed by atoms with Gasteiger partial charge in [-0.25, -0.2) is 0 Å². The van der Waals surface area contributed by atoms with Crippen LogP contribution in [0.15, 0.2) is 60.7 Å². The normalized spacial score (nSPS) is 10.9. The summed E-state index contributed by atoms with van der Waals surface area (Å²) in [6, 6.07) is 19.2. The average molecular weight is 377 g/mol. The van der Waals surface area contributed by atoms with Gasteiger partial charge in [-0.1, -0.05) is 36.4 Å². The third kappa shape index (κ3) is 3.57. The zero-order valence-electron chi connectivity index (χ0n) is 15.1. The van der Waals surface area contributed by atoms with E-state index in [1.165, 1.54) is 11.3 Å². The van der Waals surface area contributed by atoms with Gasteiger partial charge >= 0.3 is 0 Å². The van der Waals surface area contributed by atoms with Gasteiger partial charge in [-0.05, 0) is 31.2 Å². The van der Waals surface area contributed by atoms with Crippen molar-refractivity contribution in [3.63, 3.8) is 0 Å². The van der Waals surface area contributed by atoms with Gasteiger partial charge in [-0.2, -0.15) is 5.10 Å². The number of carbonyl (C=O) groups excluding carboxylic acids is 1. The molecule has 0 aliphatic heterocycles. The topological polar surface area (TPSA) is 56.2 Å². The lowest BCUT2D eigenvalue weighted by atomic mass is 10.2. The van der Waals surface area contributed by atoms with Gasteiger partial charge in [-0.15, -0.1) is 11.3 Å². The van der Waals surface area contributed by atoms with Crippen LogP contribution in [0.4, 0.5) is 0 Å². The number of thiophene rings is 1. The van der Waals surface area contributed by atoms with Crippen LogP contribution in [0.1, 0.15) is 20.9 Å². The molecule has 0 radical (unpaired) electrons. The first-order chi connectivity index (χ1) is 13.1. The van der Waals surface area contributed by atoms with Gasteiger partial charge in [0.1, 0.15) is 16.3 Å². The highest BCUT2D eigenvalue weighted by molar-refractivity contribution is 7.20. The van der Waals surface area contributed by atoms with E-state index in [2.05, 4.69) is 10.4 Å². The number of carbonyl (C=O) groups is 1. The predicted molar refractivity (Wildman–Crippen MR) is 107 cm³/mol. The number of hydrogen-bond donors (Lipinski definition) is 1. The minimum Gasteiger partial charge on any atom is -0.457 e. The maximum absolute atomic E-state index is 12.6. The van der Waals surface area contributed by atoms with Crippen LogP contribution >= 0.6 is 11.3 Å². The van der Waals surface area contributed by atoms with Gasteiger partial charge in [0, 0.05) is 24.5 Å². The largest absolute Gasteiger partial charge is 0.457 e. The number of fused-ring (bicyclic) bond motifs is 1. The fraction of sp³-hybridized carbons (Fsp3) is 0.143. The molecule has 1 N–H and O–H groups in total. The van der Waals surface area contributed by atoms with Crippen LogP contribution in [-0.2, 0) is 13.6 Å². The molecule has 0 aliphatic carbocycles. The van der Waals surface area contributed by atoms with Crippen molar-refractivity contribution in [2.75, 3.05) is 0 Å². The lowest BCUT2D eigenvalue weighted by Gasteiger charge is -2.11. The summed E-state index contributed by atoms with van der Waals surface area (Å²) in [6.07, 6.45) is 0. The molecule has 2 aromatic heterocycles. The summed E-state index contributed by atoms with van der Waals surface area (Å²) in [5.74, 6) is 1.41. The first-order valence-electron chi connectivity index (χ1n) is 8.64. The molecule has 4 rings (SSSR count). The third-order valence-electron chi connectivity index (χ3n) is 4.30. The Morgan fingerprint density at radius 1 is 1.15 bits per heavy atom. The SMILES string of the molecule is Cc1nn(C)c2sc(C(=O)NCc3ccccc3Oc3ccccc3)cc12. The maximum atomic E-state index is 12.6. The van der Waals surface area contributed by atoms with Crippen molar-refractivity contribution in [1.82, 2.24) is 15.1 Å². The van der Waals surface area contributed by atoms with E-state index < -0.39 is 0 Å². The number of amides is 1. The van der Waals surface area contributed by atoms with Gasteiger partial charge in [0.15, 0.2) is 0 Å². The van der Waals surface area contributed by atoms with Crippen LogP contribution in [0.5, 0.6) is 11.5 Å². The highest BCUT2D eigenvalue weighted by Gasteiger charge is 2.15. The summed E-state index contributed by atoms with van der Waals surface area (Å²) in [5.41, 5.74) is 1.86. The van der Waals surface area contributed by atoms with Crippen molar-refractivity contribution in [2.45, 2.75) is 13.5 Å². The summed E-state index contributed by atoms with van der Waals surface area (Å²) >= 11 is 1.45. The van der Waals surface area contributed by atoms with Crippen molar-refractivity contribution in [1.29, 1.82) is 0 Å². The van der Waals surface area contributed by atoms with E-state index in [4.69, 9.17) is 4.74 Å². The van der Waals surface area contributed by atoms with E-state index in [1.807, 2.05) is 79.3 Å². The van der Waals surface area contributed by atoms with Gasteiger partial charge in [0.05, 0.1) is 10.6 Å². The molecule has 0 spiro atoms. The number of nitrogens with zero attached hydrogens (tertiary/aromatic N) is 2. The molecule has 0 saturated heterocycles. The van der Waals surface area contributed by atoms with E-state index in [9.17, 15) is 4.79 Å². The second-order valence-corrected chi connectivity index (χ2v) is 7.27. The van der Waals surface area contributed by atoms with E-state index in [0.29, 0.717) is 11.4 Å². The number of aryl methyl sites for hydroxylation is 2. The van der Waals surface area contributed by atoms with E-state index >= 15 is 0 Å². The highest BCUT2D eigenvalue weighted by atomic mass is 32.1.